The molecular formula is C23H22Cl2N2O4S. The summed E-state index contributed by atoms with van der Waals surface area (Å²) in [7, 11) is 3.08. The molecule has 0 spiro atoms. The zero-order chi connectivity index (χ0) is 23.6. The number of carbonyl (C=O) groups excluding carboxylic acids is 2. The van der Waals surface area contributed by atoms with Crippen molar-refractivity contribution in [2.45, 2.75) is 20.5 Å². The highest BCUT2D eigenvalue weighted by atomic mass is 35.5. The second-order valence-corrected chi connectivity index (χ2v) is 8.40. The highest BCUT2D eigenvalue weighted by molar-refractivity contribution is 7.80. The van der Waals surface area contributed by atoms with E-state index in [1.54, 1.807) is 24.3 Å². The van der Waals surface area contributed by atoms with Gasteiger partial charge in [0.2, 0.25) is 0 Å². The van der Waals surface area contributed by atoms with Crippen LogP contribution in [0.4, 0.5) is 0 Å². The summed E-state index contributed by atoms with van der Waals surface area (Å²) in [5.74, 6) is 0.145. The van der Waals surface area contributed by atoms with Gasteiger partial charge in [-0.25, -0.2) is 0 Å². The van der Waals surface area contributed by atoms with Crippen LogP contribution in [0.2, 0.25) is 10.0 Å². The van der Waals surface area contributed by atoms with E-state index >= 15 is 0 Å². The third kappa shape index (κ3) is 4.90. The summed E-state index contributed by atoms with van der Waals surface area (Å²) in [6, 6.07) is 8.76. The molecule has 1 aliphatic heterocycles. The van der Waals surface area contributed by atoms with Gasteiger partial charge in [-0.1, -0.05) is 29.3 Å². The van der Waals surface area contributed by atoms with Gasteiger partial charge < -0.3 is 9.47 Å². The molecule has 0 atom stereocenters. The van der Waals surface area contributed by atoms with E-state index in [1.165, 1.54) is 30.0 Å². The third-order valence-corrected chi connectivity index (χ3v) is 6.04. The van der Waals surface area contributed by atoms with Gasteiger partial charge >= 0.3 is 0 Å². The van der Waals surface area contributed by atoms with Crippen molar-refractivity contribution in [2.24, 2.45) is 0 Å². The third-order valence-electron chi connectivity index (χ3n) is 4.90. The van der Waals surface area contributed by atoms with Gasteiger partial charge in [0, 0.05) is 29.7 Å². The van der Waals surface area contributed by atoms with Gasteiger partial charge in [-0.3, -0.25) is 19.4 Å². The summed E-state index contributed by atoms with van der Waals surface area (Å²) in [4.78, 5) is 27.8. The standard InChI is InChI=1S/C23H22Cl2N2O4S/c1-5-30-19-10-14(9-17-21(28)26(3)23(32)27(4)22(17)29)8-13(2)20(19)31-12-15-6-7-16(24)11-18(15)25/h6-11H,5,12H2,1-4H3. The summed E-state index contributed by atoms with van der Waals surface area (Å²) in [5, 5.41) is 1.22. The fraction of sp³-hybridized carbons (Fsp3) is 0.261. The molecule has 2 amide bonds. The Kier molecular flexibility index (Phi) is 7.44. The summed E-state index contributed by atoms with van der Waals surface area (Å²) in [6.07, 6.45) is 1.54. The Hall–Kier alpha value is -2.61. The molecule has 2 aromatic rings. The Bertz CT molecular complexity index is 1110. The highest BCUT2D eigenvalue weighted by Gasteiger charge is 2.35. The lowest BCUT2D eigenvalue weighted by Crippen LogP contribution is -2.52. The maximum absolute atomic E-state index is 12.6. The number of rotatable bonds is 6. The Morgan fingerprint density at radius 3 is 2.28 bits per heavy atom. The van der Waals surface area contributed by atoms with Crippen molar-refractivity contribution >= 4 is 58.4 Å². The van der Waals surface area contributed by atoms with Crippen LogP contribution in [0, 0.1) is 6.92 Å². The Labute approximate surface area is 202 Å². The number of amides is 2. The van der Waals surface area contributed by atoms with E-state index in [-0.39, 0.29) is 17.3 Å². The fourth-order valence-corrected chi connectivity index (χ4v) is 3.86. The molecule has 0 unspecified atom stereocenters. The minimum atomic E-state index is -0.452. The number of halogens is 2. The van der Waals surface area contributed by atoms with E-state index < -0.39 is 11.8 Å². The smallest absolute Gasteiger partial charge is 0.265 e. The quantitative estimate of drug-likeness (QED) is 0.326. The Morgan fingerprint density at radius 1 is 1.03 bits per heavy atom. The molecule has 1 fully saturated rings. The number of likely N-dealkylation sites (N-methyl/N-ethyl adjacent to an activating group) is 2. The van der Waals surface area contributed by atoms with Gasteiger partial charge in [-0.15, -0.1) is 0 Å². The number of nitrogens with zero attached hydrogens (tertiary/aromatic N) is 2. The fourth-order valence-electron chi connectivity index (χ4n) is 3.23. The average Bonchev–Trinajstić information content (AvgIpc) is 2.75. The largest absolute Gasteiger partial charge is 0.490 e. The average molecular weight is 493 g/mol. The molecule has 1 saturated heterocycles. The predicted molar refractivity (Wildman–Crippen MR) is 129 cm³/mol. The van der Waals surface area contributed by atoms with Crippen LogP contribution in [0.25, 0.3) is 6.08 Å². The second-order valence-electron chi connectivity index (χ2n) is 7.19. The van der Waals surface area contributed by atoms with E-state index in [4.69, 9.17) is 44.9 Å². The minimum Gasteiger partial charge on any atom is -0.490 e. The van der Waals surface area contributed by atoms with Gasteiger partial charge in [0.15, 0.2) is 16.6 Å². The first-order chi connectivity index (χ1) is 15.1. The molecule has 2 aromatic carbocycles. The zero-order valence-electron chi connectivity index (χ0n) is 18.1. The number of thiocarbonyl (C=S) groups is 1. The topological polar surface area (TPSA) is 59.1 Å². The molecule has 0 aliphatic carbocycles. The first-order valence-corrected chi connectivity index (χ1v) is 11.0. The van der Waals surface area contributed by atoms with Gasteiger partial charge in [-0.2, -0.15) is 0 Å². The van der Waals surface area contributed by atoms with E-state index in [1.807, 2.05) is 19.9 Å². The van der Waals surface area contributed by atoms with Crippen LogP contribution in [-0.2, 0) is 16.2 Å². The molecule has 6 nitrogen and oxygen atoms in total. The molecule has 9 heteroatoms. The number of carbonyl (C=O) groups is 2. The molecule has 0 bridgehead atoms. The summed E-state index contributed by atoms with van der Waals surface area (Å²) < 4.78 is 11.8. The van der Waals surface area contributed by atoms with Crippen LogP contribution in [0.5, 0.6) is 11.5 Å². The molecule has 32 heavy (non-hydrogen) atoms. The van der Waals surface area contributed by atoms with E-state index in [0.29, 0.717) is 33.7 Å². The molecule has 0 N–H and O–H groups in total. The van der Waals surface area contributed by atoms with Crippen LogP contribution in [0.3, 0.4) is 0 Å². The molecule has 1 heterocycles. The number of aryl methyl sites for hydroxylation is 1. The predicted octanol–water partition coefficient (Wildman–Crippen LogP) is 4.88. The van der Waals surface area contributed by atoms with Crippen LogP contribution < -0.4 is 9.47 Å². The zero-order valence-corrected chi connectivity index (χ0v) is 20.4. The van der Waals surface area contributed by atoms with Crippen LogP contribution in [-0.4, -0.2) is 47.4 Å². The first-order valence-electron chi connectivity index (χ1n) is 9.80. The summed E-state index contributed by atoms with van der Waals surface area (Å²) >= 11 is 17.3. The Balaban J connectivity index is 1.94. The van der Waals surface area contributed by atoms with Crippen molar-refractivity contribution in [3.05, 3.63) is 62.6 Å². The molecule has 0 saturated carbocycles. The first kappa shape index (κ1) is 24.0. The van der Waals surface area contributed by atoms with Gasteiger partial charge in [0.25, 0.3) is 11.8 Å². The lowest BCUT2D eigenvalue weighted by Gasteiger charge is -2.31. The van der Waals surface area contributed by atoms with E-state index in [2.05, 4.69) is 0 Å². The molecule has 0 radical (unpaired) electrons. The number of benzene rings is 2. The lowest BCUT2D eigenvalue weighted by molar-refractivity contribution is -0.132. The van der Waals surface area contributed by atoms with Crippen LogP contribution >= 0.6 is 35.4 Å². The maximum atomic E-state index is 12.6. The maximum Gasteiger partial charge on any atom is 0.265 e. The van der Waals surface area contributed by atoms with Crippen LogP contribution in [0.15, 0.2) is 35.9 Å². The van der Waals surface area contributed by atoms with Crippen LogP contribution in [0.1, 0.15) is 23.6 Å². The van der Waals surface area contributed by atoms with Crippen molar-refractivity contribution < 1.29 is 19.1 Å². The van der Waals surface area contributed by atoms with Gasteiger partial charge in [-0.05, 0) is 67.5 Å². The second kappa shape index (κ2) is 9.90. The van der Waals surface area contributed by atoms with Crippen molar-refractivity contribution in [3.63, 3.8) is 0 Å². The normalized spacial score (nSPS) is 14.2. The summed E-state index contributed by atoms with van der Waals surface area (Å²) in [6.45, 7) is 4.36. The van der Waals surface area contributed by atoms with Gasteiger partial charge in [0.05, 0.1) is 6.61 Å². The van der Waals surface area contributed by atoms with Crippen molar-refractivity contribution in [1.82, 2.24) is 9.80 Å². The highest BCUT2D eigenvalue weighted by Crippen LogP contribution is 2.35. The molecule has 1 aliphatic rings. The minimum absolute atomic E-state index is 0.0204. The molecular weight excluding hydrogens is 471 g/mol. The molecule has 3 rings (SSSR count). The van der Waals surface area contributed by atoms with E-state index in [9.17, 15) is 9.59 Å². The monoisotopic (exact) mass is 492 g/mol. The Morgan fingerprint density at radius 2 is 1.69 bits per heavy atom. The molecule has 0 aromatic heterocycles. The number of ether oxygens (including phenoxy) is 2. The number of hydrogen-bond donors (Lipinski definition) is 0. The van der Waals surface area contributed by atoms with Gasteiger partial charge in [0.1, 0.15) is 12.2 Å². The number of hydrogen-bond acceptors (Lipinski definition) is 5. The van der Waals surface area contributed by atoms with Crippen molar-refractivity contribution in [3.8, 4) is 11.5 Å². The van der Waals surface area contributed by atoms with Crippen molar-refractivity contribution in [2.75, 3.05) is 20.7 Å². The lowest BCUT2D eigenvalue weighted by atomic mass is 10.0. The van der Waals surface area contributed by atoms with Crippen molar-refractivity contribution in [1.29, 1.82) is 0 Å². The SMILES string of the molecule is CCOc1cc(C=C2C(=O)N(C)C(=S)N(C)C2=O)cc(C)c1OCc1ccc(Cl)cc1Cl. The molecule has 168 valence electrons. The summed E-state index contributed by atoms with van der Waals surface area (Å²) in [5.41, 5.74) is 2.21. The van der Waals surface area contributed by atoms with E-state index in [0.717, 1.165) is 11.1 Å².